The van der Waals surface area contributed by atoms with Gasteiger partial charge < -0.3 is 5.32 Å². The van der Waals surface area contributed by atoms with Crippen LogP contribution in [0.1, 0.15) is 36.7 Å². The molecule has 1 heterocycles. The van der Waals surface area contributed by atoms with E-state index >= 15 is 0 Å². The Balaban J connectivity index is 2.49. The summed E-state index contributed by atoms with van der Waals surface area (Å²) in [6.45, 7) is 5.32. The van der Waals surface area contributed by atoms with Crippen molar-refractivity contribution in [2.45, 2.75) is 31.6 Å². The quantitative estimate of drug-likeness (QED) is 0.649. The molecule has 0 aromatic heterocycles. The Morgan fingerprint density at radius 3 is 2.65 bits per heavy atom. The van der Waals surface area contributed by atoms with Crippen LogP contribution in [0.5, 0.6) is 0 Å². The molecular weight excluding hydrogens is 238 g/mol. The Morgan fingerprint density at radius 2 is 2.06 bits per heavy atom. The molecule has 0 fully saturated rings. The number of rotatable bonds is 2. The number of halogens is 1. The van der Waals surface area contributed by atoms with Crippen LogP contribution in [0.3, 0.4) is 0 Å². The van der Waals surface area contributed by atoms with Gasteiger partial charge in [0.05, 0.1) is 10.8 Å². The maximum Gasteiger partial charge on any atom is 0.234 e. The predicted molar refractivity (Wildman–Crippen MR) is 67.7 cm³/mol. The Hall–Kier alpha value is -1.35. The third-order valence-corrected chi connectivity index (χ3v) is 3.35. The summed E-state index contributed by atoms with van der Waals surface area (Å²) >= 11 is 5.78. The largest absolute Gasteiger partial charge is 0.325 e. The molecule has 1 aliphatic heterocycles. The zero-order valence-electron chi connectivity index (χ0n) is 10.0. The average molecular weight is 252 g/mol. The van der Waals surface area contributed by atoms with Crippen LogP contribution < -0.4 is 5.32 Å². The first-order valence-corrected chi connectivity index (χ1v) is 5.92. The van der Waals surface area contributed by atoms with E-state index in [-0.39, 0.29) is 11.7 Å². The number of anilines is 1. The predicted octanol–water partition coefficient (Wildman–Crippen LogP) is 2.73. The molecule has 17 heavy (non-hydrogen) atoms. The number of carbonyl (C=O) groups excluding carboxylic acids is 2. The lowest BCUT2D eigenvalue weighted by molar-refractivity contribution is -0.119. The van der Waals surface area contributed by atoms with Crippen molar-refractivity contribution in [3.63, 3.8) is 0 Å². The van der Waals surface area contributed by atoms with Crippen LogP contribution in [0.25, 0.3) is 0 Å². The lowest BCUT2D eigenvalue weighted by atomic mass is 9.85. The number of alkyl halides is 1. The van der Waals surface area contributed by atoms with Gasteiger partial charge in [0.2, 0.25) is 5.91 Å². The second kappa shape index (κ2) is 3.84. The molecule has 1 aromatic carbocycles. The second-order valence-corrected chi connectivity index (χ2v) is 5.47. The van der Waals surface area contributed by atoms with Crippen molar-refractivity contribution in [2.75, 3.05) is 5.32 Å². The summed E-state index contributed by atoms with van der Waals surface area (Å²) in [6, 6.07) is 5.21. The maximum absolute atomic E-state index is 11.8. The number of benzene rings is 1. The van der Waals surface area contributed by atoms with Gasteiger partial charge in [0.25, 0.3) is 0 Å². The van der Waals surface area contributed by atoms with Crippen molar-refractivity contribution in [1.29, 1.82) is 0 Å². The van der Waals surface area contributed by atoms with Crippen molar-refractivity contribution in [1.82, 2.24) is 0 Å². The normalized spacial score (nSPS) is 18.5. The van der Waals surface area contributed by atoms with Crippen molar-refractivity contribution >= 4 is 29.0 Å². The average Bonchev–Trinajstić information content (AvgIpc) is 2.49. The van der Waals surface area contributed by atoms with Crippen LogP contribution in [-0.4, -0.2) is 17.1 Å². The number of ketones is 1. The van der Waals surface area contributed by atoms with E-state index in [0.717, 1.165) is 11.3 Å². The number of amides is 1. The molecule has 1 aliphatic rings. The first-order valence-electron chi connectivity index (χ1n) is 5.48. The minimum absolute atomic E-state index is 0.0454. The van der Waals surface area contributed by atoms with Crippen molar-refractivity contribution in [2.24, 2.45) is 0 Å². The molecule has 0 aliphatic carbocycles. The highest BCUT2D eigenvalue weighted by Crippen LogP contribution is 2.37. The molecule has 1 atom stereocenters. The first-order chi connectivity index (χ1) is 7.84. The lowest BCUT2D eigenvalue weighted by Gasteiger charge is -2.15. The smallest absolute Gasteiger partial charge is 0.234 e. The molecule has 1 N–H and O–H groups in total. The number of nitrogens with one attached hydrogen (secondary N) is 1. The maximum atomic E-state index is 11.8. The van der Waals surface area contributed by atoms with Gasteiger partial charge in [-0.3, -0.25) is 9.59 Å². The Bertz CT molecular complexity index is 506. The van der Waals surface area contributed by atoms with Gasteiger partial charge in [0, 0.05) is 11.3 Å². The van der Waals surface area contributed by atoms with Gasteiger partial charge in [-0.25, -0.2) is 0 Å². The SMILES string of the molecule is CC(Cl)C(=O)c1ccc2c(c1)C(C)(C)C(=O)N2. The fourth-order valence-electron chi connectivity index (χ4n) is 1.95. The van der Waals surface area contributed by atoms with Gasteiger partial charge in [0.1, 0.15) is 0 Å². The third-order valence-electron chi connectivity index (χ3n) is 3.15. The fraction of sp³-hybridized carbons (Fsp3) is 0.385. The van der Waals surface area contributed by atoms with Gasteiger partial charge in [0.15, 0.2) is 5.78 Å². The Labute approximate surface area is 105 Å². The molecule has 0 spiro atoms. The van der Waals surface area contributed by atoms with Gasteiger partial charge >= 0.3 is 0 Å². The van der Waals surface area contributed by atoms with Crippen molar-refractivity contribution in [3.05, 3.63) is 29.3 Å². The summed E-state index contributed by atoms with van der Waals surface area (Å²) in [5.74, 6) is -0.166. The summed E-state index contributed by atoms with van der Waals surface area (Å²) < 4.78 is 0. The van der Waals surface area contributed by atoms with Crippen LogP contribution in [-0.2, 0) is 10.2 Å². The summed E-state index contributed by atoms with van der Waals surface area (Å²) in [6.07, 6.45) is 0. The summed E-state index contributed by atoms with van der Waals surface area (Å²) in [7, 11) is 0. The van der Waals surface area contributed by atoms with E-state index in [4.69, 9.17) is 11.6 Å². The molecule has 0 radical (unpaired) electrons. The van der Waals surface area contributed by atoms with Crippen LogP contribution in [0.2, 0.25) is 0 Å². The molecule has 0 saturated heterocycles. The molecular formula is C13H14ClNO2. The molecule has 0 bridgehead atoms. The third kappa shape index (κ3) is 1.84. The highest BCUT2D eigenvalue weighted by molar-refractivity contribution is 6.33. The van der Waals surface area contributed by atoms with Gasteiger partial charge in [-0.2, -0.15) is 0 Å². The molecule has 90 valence electrons. The van der Waals surface area contributed by atoms with Gasteiger partial charge in [-0.1, -0.05) is 0 Å². The molecule has 3 nitrogen and oxygen atoms in total. The Morgan fingerprint density at radius 1 is 1.41 bits per heavy atom. The van der Waals surface area contributed by atoms with Crippen LogP contribution in [0.4, 0.5) is 5.69 Å². The van der Waals surface area contributed by atoms with Gasteiger partial charge in [-0.15, -0.1) is 11.6 Å². The minimum Gasteiger partial charge on any atom is -0.325 e. The van der Waals surface area contributed by atoms with Crippen LogP contribution in [0.15, 0.2) is 18.2 Å². The lowest BCUT2D eigenvalue weighted by Crippen LogP contribution is -2.27. The number of hydrogen-bond donors (Lipinski definition) is 1. The summed E-state index contributed by atoms with van der Waals surface area (Å²) in [5.41, 5.74) is 1.58. The van der Waals surface area contributed by atoms with Crippen molar-refractivity contribution < 1.29 is 9.59 Å². The second-order valence-electron chi connectivity index (χ2n) is 4.82. The van der Waals surface area contributed by atoms with E-state index in [1.54, 1.807) is 25.1 Å². The van der Waals surface area contributed by atoms with E-state index in [0.29, 0.717) is 5.56 Å². The standard InChI is InChI=1S/C13H14ClNO2/c1-7(14)11(16)8-4-5-10-9(6-8)13(2,3)12(17)15-10/h4-7H,1-3H3,(H,15,17). The van der Waals surface area contributed by atoms with Crippen LogP contribution in [0, 0.1) is 0 Å². The molecule has 1 aromatic rings. The number of carbonyl (C=O) groups is 2. The molecule has 1 unspecified atom stereocenters. The zero-order valence-corrected chi connectivity index (χ0v) is 10.8. The van der Waals surface area contributed by atoms with Crippen LogP contribution >= 0.6 is 11.6 Å². The van der Waals surface area contributed by atoms with E-state index in [1.807, 2.05) is 13.8 Å². The topological polar surface area (TPSA) is 46.2 Å². The molecule has 1 amide bonds. The summed E-state index contributed by atoms with van der Waals surface area (Å²) in [4.78, 5) is 23.5. The first kappa shape index (κ1) is 12.1. The summed E-state index contributed by atoms with van der Waals surface area (Å²) in [5, 5.41) is 2.25. The molecule has 0 saturated carbocycles. The Kier molecular flexibility index (Phi) is 2.74. The zero-order chi connectivity index (χ0) is 12.8. The number of fused-ring (bicyclic) bond motifs is 1. The van der Waals surface area contributed by atoms with E-state index in [9.17, 15) is 9.59 Å². The minimum atomic E-state index is -0.596. The van der Waals surface area contributed by atoms with E-state index in [2.05, 4.69) is 5.32 Å². The number of Topliss-reactive ketones (excluding diaryl/α,β-unsaturated/α-hetero) is 1. The molecule has 4 heteroatoms. The van der Waals surface area contributed by atoms with E-state index in [1.165, 1.54) is 0 Å². The van der Waals surface area contributed by atoms with Gasteiger partial charge in [-0.05, 0) is 44.5 Å². The fourth-order valence-corrected chi connectivity index (χ4v) is 2.08. The highest BCUT2D eigenvalue weighted by atomic mass is 35.5. The number of hydrogen-bond acceptors (Lipinski definition) is 2. The van der Waals surface area contributed by atoms with E-state index < -0.39 is 10.8 Å². The molecule has 2 rings (SSSR count). The van der Waals surface area contributed by atoms with Crippen molar-refractivity contribution in [3.8, 4) is 0 Å². The monoisotopic (exact) mass is 251 g/mol. The highest BCUT2D eigenvalue weighted by Gasteiger charge is 2.38.